The molecule has 0 bridgehead atoms. The molecule has 5 nitrogen and oxygen atoms in total. The van der Waals surface area contributed by atoms with Crippen molar-refractivity contribution in [3.8, 4) is 0 Å². The van der Waals surface area contributed by atoms with Gasteiger partial charge >= 0.3 is 5.97 Å². The number of rotatable bonds is 4. The molecular formula is C9H9N3O2S2. The average molecular weight is 255 g/mol. The second kappa shape index (κ2) is 4.58. The van der Waals surface area contributed by atoms with Crippen molar-refractivity contribution < 1.29 is 9.90 Å². The average Bonchev–Trinajstić information content (AvgIpc) is 2.84. The van der Waals surface area contributed by atoms with Gasteiger partial charge in [0.1, 0.15) is 5.01 Å². The fourth-order valence-corrected chi connectivity index (χ4v) is 2.58. The van der Waals surface area contributed by atoms with E-state index in [9.17, 15) is 4.79 Å². The van der Waals surface area contributed by atoms with Gasteiger partial charge in [0.15, 0.2) is 6.04 Å². The van der Waals surface area contributed by atoms with Gasteiger partial charge in [-0.1, -0.05) is 17.4 Å². The van der Waals surface area contributed by atoms with E-state index in [0.717, 1.165) is 9.88 Å². The van der Waals surface area contributed by atoms with Crippen LogP contribution in [0.1, 0.15) is 15.9 Å². The molecule has 84 valence electrons. The Hall–Kier alpha value is -1.47. The molecule has 2 rings (SSSR count). The van der Waals surface area contributed by atoms with E-state index in [1.807, 2.05) is 18.4 Å². The standard InChI is InChI=1S/C9H9N3O2S2/c1-5-11-12-9(16-5)10-7(8(13)14)6-3-2-4-15-6/h2-4,7H,1H3,(H,10,12)(H,13,14). The number of hydrogen-bond donors (Lipinski definition) is 2. The normalized spacial score (nSPS) is 12.3. The highest BCUT2D eigenvalue weighted by Crippen LogP contribution is 2.25. The van der Waals surface area contributed by atoms with Crippen molar-refractivity contribution in [3.05, 3.63) is 27.4 Å². The molecule has 0 fully saturated rings. The summed E-state index contributed by atoms with van der Waals surface area (Å²) in [6.45, 7) is 1.82. The molecule has 0 aromatic carbocycles. The van der Waals surface area contributed by atoms with Crippen LogP contribution in [0, 0.1) is 6.92 Å². The maximum absolute atomic E-state index is 11.1. The van der Waals surface area contributed by atoms with Crippen LogP contribution in [0.3, 0.4) is 0 Å². The highest BCUT2D eigenvalue weighted by Gasteiger charge is 2.21. The fourth-order valence-electron chi connectivity index (χ4n) is 1.19. The molecule has 0 spiro atoms. The zero-order chi connectivity index (χ0) is 11.5. The van der Waals surface area contributed by atoms with Gasteiger partial charge in [0, 0.05) is 4.88 Å². The predicted molar refractivity (Wildman–Crippen MR) is 63.0 cm³/mol. The minimum Gasteiger partial charge on any atom is -0.479 e. The lowest BCUT2D eigenvalue weighted by Crippen LogP contribution is -2.19. The fraction of sp³-hybridized carbons (Fsp3) is 0.222. The number of carboxylic acids is 1. The lowest BCUT2D eigenvalue weighted by atomic mass is 10.2. The van der Waals surface area contributed by atoms with Crippen LogP contribution in [-0.4, -0.2) is 21.3 Å². The molecule has 1 unspecified atom stereocenters. The zero-order valence-corrected chi connectivity index (χ0v) is 10.0. The molecule has 2 N–H and O–H groups in total. The SMILES string of the molecule is Cc1nnc(NC(C(=O)O)c2cccs2)s1. The molecule has 1 atom stereocenters. The van der Waals surface area contributed by atoms with Crippen LogP contribution in [0.25, 0.3) is 0 Å². The van der Waals surface area contributed by atoms with Crippen LogP contribution >= 0.6 is 22.7 Å². The van der Waals surface area contributed by atoms with Gasteiger partial charge in [-0.05, 0) is 18.4 Å². The molecule has 0 aliphatic heterocycles. The molecule has 7 heteroatoms. The van der Waals surface area contributed by atoms with Crippen molar-refractivity contribution in [2.75, 3.05) is 5.32 Å². The van der Waals surface area contributed by atoms with Gasteiger partial charge < -0.3 is 10.4 Å². The van der Waals surface area contributed by atoms with Crippen molar-refractivity contribution in [1.29, 1.82) is 0 Å². The van der Waals surface area contributed by atoms with Gasteiger partial charge in [0.2, 0.25) is 5.13 Å². The van der Waals surface area contributed by atoms with Crippen molar-refractivity contribution in [2.45, 2.75) is 13.0 Å². The second-order valence-corrected chi connectivity index (χ2v) is 5.22. The summed E-state index contributed by atoms with van der Waals surface area (Å²) in [5.74, 6) is -0.921. The lowest BCUT2D eigenvalue weighted by Gasteiger charge is -2.10. The van der Waals surface area contributed by atoms with E-state index in [-0.39, 0.29) is 0 Å². The minimum absolute atomic E-state index is 0.526. The number of aromatic nitrogens is 2. The number of nitrogens with zero attached hydrogens (tertiary/aromatic N) is 2. The Morgan fingerprint density at radius 2 is 2.38 bits per heavy atom. The van der Waals surface area contributed by atoms with E-state index in [1.165, 1.54) is 22.7 Å². The van der Waals surface area contributed by atoms with Crippen LogP contribution in [0.5, 0.6) is 0 Å². The van der Waals surface area contributed by atoms with E-state index in [2.05, 4.69) is 15.5 Å². The highest BCUT2D eigenvalue weighted by atomic mass is 32.1. The molecule has 0 amide bonds. The molecular weight excluding hydrogens is 246 g/mol. The maximum atomic E-state index is 11.1. The maximum Gasteiger partial charge on any atom is 0.331 e. The number of carbonyl (C=O) groups is 1. The molecule has 0 saturated carbocycles. The quantitative estimate of drug-likeness (QED) is 0.875. The summed E-state index contributed by atoms with van der Waals surface area (Å²) >= 11 is 2.74. The smallest absolute Gasteiger partial charge is 0.331 e. The molecule has 2 aromatic rings. The van der Waals surface area contributed by atoms with Crippen LogP contribution < -0.4 is 5.32 Å². The summed E-state index contributed by atoms with van der Waals surface area (Å²) in [6.07, 6.45) is 0. The largest absolute Gasteiger partial charge is 0.479 e. The van der Waals surface area contributed by atoms with Gasteiger partial charge in [-0.3, -0.25) is 0 Å². The molecule has 0 aliphatic rings. The van der Waals surface area contributed by atoms with E-state index in [4.69, 9.17) is 5.11 Å². The van der Waals surface area contributed by atoms with Gasteiger partial charge in [0.25, 0.3) is 0 Å². The van der Waals surface area contributed by atoms with E-state index < -0.39 is 12.0 Å². The first-order valence-corrected chi connectivity index (χ1v) is 6.19. The minimum atomic E-state index is -0.921. The van der Waals surface area contributed by atoms with Gasteiger partial charge in [-0.15, -0.1) is 21.5 Å². The number of aliphatic carboxylic acids is 1. The Bertz CT molecular complexity index is 481. The van der Waals surface area contributed by atoms with Crippen molar-refractivity contribution in [1.82, 2.24) is 10.2 Å². The second-order valence-electron chi connectivity index (χ2n) is 3.06. The van der Waals surface area contributed by atoms with Crippen LogP contribution in [0.4, 0.5) is 5.13 Å². The monoisotopic (exact) mass is 255 g/mol. The first-order chi connectivity index (χ1) is 7.66. The lowest BCUT2D eigenvalue weighted by molar-refractivity contribution is -0.138. The Balaban J connectivity index is 2.19. The predicted octanol–water partition coefficient (Wildman–Crippen LogP) is 2.15. The Morgan fingerprint density at radius 1 is 1.56 bits per heavy atom. The van der Waals surface area contributed by atoms with Crippen LogP contribution in [0.2, 0.25) is 0 Å². The number of anilines is 1. The number of thiophene rings is 1. The topological polar surface area (TPSA) is 75.1 Å². The summed E-state index contributed by atoms with van der Waals surface area (Å²) < 4.78 is 0. The Morgan fingerprint density at radius 3 is 2.88 bits per heavy atom. The summed E-state index contributed by atoms with van der Waals surface area (Å²) in [5.41, 5.74) is 0. The number of carboxylic acid groups (broad SMARTS) is 1. The number of aryl methyl sites for hydroxylation is 1. The summed E-state index contributed by atoms with van der Waals surface area (Å²) in [5, 5.41) is 22.8. The summed E-state index contributed by atoms with van der Waals surface area (Å²) in [7, 11) is 0. The molecule has 0 aliphatic carbocycles. The third kappa shape index (κ3) is 2.37. The summed E-state index contributed by atoms with van der Waals surface area (Å²) in [4.78, 5) is 11.9. The molecule has 2 heterocycles. The highest BCUT2D eigenvalue weighted by molar-refractivity contribution is 7.15. The van der Waals surface area contributed by atoms with Crippen LogP contribution in [0.15, 0.2) is 17.5 Å². The van der Waals surface area contributed by atoms with E-state index in [0.29, 0.717) is 5.13 Å². The van der Waals surface area contributed by atoms with E-state index >= 15 is 0 Å². The number of nitrogens with one attached hydrogen (secondary N) is 1. The van der Waals surface area contributed by atoms with Gasteiger partial charge in [-0.25, -0.2) is 4.79 Å². The molecule has 16 heavy (non-hydrogen) atoms. The van der Waals surface area contributed by atoms with Crippen molar-refractivity contribution >= 4 is 33.8 Å². The third-order valence-electron chi connectivity index (χ3n) is 1.87. The molecule has 0 radical (unpaired) electrons. The molecule has 2 aromatic heterocycles. The van der Waals surface area contributed by atoms with Crippen molar-refractivity contribution in [3.63, 3.8) is 0 Å². The first-order valence-electron chi connectivity index (χ1n) is 4.49. The van der Waals surface area contributed by atoms with E-state index in [1.54, 1.807) is 6.07 Å². The first kappa shape index (κ1) is 11.0. The Labute approximate surface area is 99.8 Å². The van der Waals surface area contributed by atoms with Gasteiger partial charge in [-0.2, -0.15) is 0 Å². The zero-order valence-electron chi connectivity index (χ0n) is 8.38. The third-order valence-corrected chi connectivity index (χ3v) is 3.58. The Kier molecular flexibility index (Phi) is 3.16. The summed E-state index contributed by atoms with van der Waals surface area (Å²) in [6, 6.07) is 2.85. The van der Waals surface area contributed by atoms with Gasteiger partial charge in [0.05, 0.1) is 0 Å². The van der Waals surface area contributed by atoms with Crippen molar-refractivity contribution in [2.24, 2.45) is 0 Å². The number of hydrogen-bond acceptors (Lipinski definition) is 6. The molecule has 0 saturated heterocycles. The van der Waals surface area contributed by atoms with Crippen LogP contribution in [-0.2, 0) is 4.79 Å².